The highest BCUT2D eigenvalue weighted by molar-refractivity contribution is 8.14. The molecule has 0 saturated carbocycles. The summed E-state index contributed by atoms with van der Waals surface area (Å²) in [7, 11) is 3.18. The summed E-state index contributed by atoms with van der Waals surface area (Å²) in [4.78, 5) is 0.0751. The molecule has 2 aromatic rings. The average molecular weight is 300 g/mol. The van der Waals surface area contributed by atoms with Crippen LogP contribution in [0.15, 0.2) is 41.4 Å². The Morgan fingerprint density at radius 2 is 2.16 bits per heavy atom. The van der Waals surface area contributed by atoms with Gasteiger partial charge in [0.2, 0.25) is 0 Å². The van der Waals surface area contributed by atoms with Crippen LogP contribution in [-0.4, -0.2) is 20.1 Å². The van der Waals surface area contributed by atoms with Crippen LogP contribution in [0.3, 0.4) is 0 Å². The summed E-state index contributed by atoms with van der Waals surface area (Å²) in [5.74, 6) is 0.496. The molecule has 1 aromatic heterocycles. The first-order chi connectivity index (χ1) is 8.99. The molecule has 0 atom stereocenters. The molecule has 6 heteroatoms. The van der Waals surface area contributed by atoms with Crippen molar-refractivity contribution in [2.24, 2.45) is 0 Å². The van der Waals surface area contributed by atoms with Crippen LogP contribution in [0.25, 0.3) is 10.9 Å². The van der Waals surface area contributed by atoms with Crippen molar-refractivity contribution in [3.05, 3.63) is 36.5 Å². The Kier molecular flexibility index (Phi) is 3.87. The van der Waals surface area contributed by atoms with Crippen LogP contribution >= 0.6 is 10.7 Å². The predicted octanol–water partition coefficient (Wildman–Crippen LogP) is 3.15. The van der Waals surface area contributed by atoms with Crippen LogP contribution in [0.2, 0.25) is 0 Å². The van der Waals surface area contributed by atoms with Crippen LogP contribution in [0.1, 0.15) is 6.92 Å². The van der Waals surface area contributed by atoms with Gasteiger partial charge >= 0.3 is 0 Å². The SMILES string of the molecule is C/C=C/Cn1cc(S(=O)(=O)Cl)c2c(OC)cccc21. The van der Waals surface area contributed by atoms with E-state index in [2.05, 4.69) is 0 Å². The normalized spacial score (nSPS) is 12.4. The maximum absolute atomic E-state index is 11.7. The molecule has 0 amide bonds. The summed E-state index contributed by atoms with van der Waals surface area (Å²) in [5.41, 5.74) is 0.775. The van der Waals surface area contributed by atoms with Crippen LogP contribution in [0, 0.1) is 0 Å². The first-order valence-electron chi connectivity index (χ1n) is 5.70. The van der Waals surface area contributed by atoms with Gasteiger partial charge in [0.05, 0.1) is 18.0 Å². The van der Waals surface area contributed by atoms with Gasteiger partial charge in [0.15, 0.2) is 0 Å². The molecule has 0 unspecified atom stereocenters. The molecule has 1 aromatic carbocycles. The molecule has 0 saturated heterocycles. The molecule has 4 nitrogen and oxygen atoms in total. The van der Waals surface area contributed by atoms with Crippen LogP contribution in [0.4, 0.5) is 0 Å². The number of hydrogen-bond donors (Lipinski definition) is 0. The highest BCUT2D eigenvalue weighted by Gasteiger charge is 2.21. The van der Waals surface area contributed by atoms with Crippen molar-refractivity contribution < 1.29 is 13.2 Å². The number of rotatable bonds is 4. The van der Waals surface area contributed by atoms with Crippen molar-refractivity contribution in [2.45, 2.75) is 18.4 Å². The van der Waals surface area contributed by atoms with E-state index >= 15 is 0 Å². The highest BCUT2D eigenvalue weighted by Crippen LogP contribution is 2.34. The van der Waals surface area contributed by atoms with Gasteiger partial charge in [-0.15, -0.1) is 0 Å². The Morgan fingerprint density at radius 1 is 1.42 bits per heavy atom. The largest absolute Gasteiger partial charge is 0.496 e. The van der Waals surface area contributed by atoms with E-state index in [1.54, 1.807) is 6.07 Å². The molecule has 0 radical (unpaired) electrons. The molecule has 0 aliphatic heterocycles. The summed E-state index contributed by atoms with van der Waals surface area (Å²) in [6.07, 6.45) is 5.37. The van der Waals surface area contributed by atoms with Gasteiger partial charge in [-0.05, 0) is 19.1 Å². The number of fused-ring (bicyclic) bond motifs is 1. The highest BCUT2D eigenvalue weighted by atomic mass is 35.7. The van der Waals surface area contributed by atoms with E-state index in [0.717, 1.165) is 5.52 Å². The molecule has 2 rings (SSSR count). The van der Waals surface area contributed by atoms with E-state index in [9.17, 15) is 8.42 Å². The summed E-state index contributed by atoms with van der Waals surface area (Å²) in [6.45, 7) is 2.48. The van der Waals surface area contributed by atoms with Gasteiger partial charge in [-0.1, -0.05) is 18.2 Å². The average Bonchev–Trinajstić information content (AvgIpc) is 2.75. The third kappa shape index (κ3) is 2.62. The fourth-order valence-electron chi connectivity index (χ4n) is 2.01. The number of benzene rings is 1. The number of halogens is 1. The molecule has 1 heterocycles. The third-order valence-electron chi connectivity index (χ3n) is 2.85. The van der Waals surface area contributed by atoms with Gasteiger partial charge < -0.3 is 9.30 Å². The lowest BCUT2D eigenvalue weighted by molar-refractivity contribution is 0.419. The van der Waals surface area contributed by atoms with Crippen molar-refractivity contribution >= 4 is 30.6 Å². The summed E-state index contributed by atoms with van der Waals surface area (Å²) >= 11 is 0. The number of nitrogens with zero attached hydrogens (tertiary/aromatic N) is 1. The summed E-state index contributed by atoms with van der Waals surface area (Å²) in [5, 5.41) is 0.518. The fourth-order valence-corrected chi connectivity index (χ4v) is 3.06. The number of aromatic nitrogens is 1. The lowest BCUT2D eigenvalue weighted by Crippen LogP contribution is -1.92. The predicted molar refractivity (Wildman–Crippen MR) is 76.3 cm³/mol. The Labute approximate surface area is 116 Å². The minimum Gasteiger partial charge on any atom is -0.496 e. The molecule has 0 aliphatic carbocycles. The molecular weight excluding hydrogens is 286 g/mol. The Hall–Kier alpha value is -1.46. The van der Waals surface area contributed by atoms with E-state index in [1.165, 1.54) is 13.3 Å². The van der Waals surface area contributed by atoms with Gasteiger partial charge in [-0.3, -0.25) is 0 Å². The zero-order valence-corrected chi connectivity index (χ0v) is 12.2. The van der Waals surface area contributed by atoms with E-state index in [4.69, 9.17) is 15.4 Å². The van der Waals surface area contributed by atoms with Crippen LogP contribution in [-0.2, 0) is 15.6 Å². The Balaban J connectivity index is 2.81. The first-order valence-corrected chi connectivity index (χ1v) is 8.01. The lowest BCUT2D eigenvalue weighted by atomic mass is 10.2. The van der Waals surface area contributed by atoms with Gasteiger partial charge in [0, 0.05) is 23.4 Å². The van der Waals surface area contributed by atoms with Crippen molar-refractivity contribution in [2.75, 3.05) is 7.11 Å². The van der Waals surface area contributed by atoms with Gasteiger partial charge in [-0.25, -0.2) is 8.42 Å². The smallest absolute Gasteiger partial charge is 0.263 e. The number of methoxy groups -OCH3 is 1. The summed E-state index contributed by atoms with van der Waals surface area (Å²) in [6, 6.07) is 5.37. The van der Waals surface area contributed by atoms with E-state index in [1.807, 2.05) is 35.8 Å². The quantitative estimate of drug-likeness (QED) is 0.643. The summed E-state index contributed by atoms with van der Waals surface area (Å²) < 4.78 is 30.4. The standard InChI is InChI=1S/C13H14ClNO3S/c1-3-4-8-15-9-12(19(14,16)17)13-10(15)6-5-7-11(13)18-2/h3-7,9H,8H2,1-2H3/b4-3+. The second-order valence-electron chi connectivity index (χ2n) is 4.01. The fraction of sp³-hybridized carbons (Fsp3) is 0.231. The second kappa shape index (κ2) is 5.27. The second-order valence-corrected chi connectivity index (χ2v) is 6.54. The van der Waals surface area contributed by atoms with Crippen LogP contribution < -0.4 is 4.74 Å². The Morgan fingerprint density at radius 3 is 2.74 bits per heavy atom. The molecule has 0 aliphatic rings. The molecule has 0 N–H and O–H groups in total. The van der Waals surface area contributed by atoms with Gasteiger partial charge in [0.1, 0.15) is 10.6 Å². The molecule has 102 valence electrons. The Bertz CT molecular complexity index is 732. The number of allylic oxidation sites excluding steroid dienone is 2. The first kappa shape index (κ1) is 14.0. The van der Waals surface area contributed by atoms with E-state index in [0.29, 0.717) is 17.7 Å². The molecule has 0 spiro atoms. The topological polar surface area (TPSA) is 48.3 Å². The van der Waals surface area contributed by atoms with E-state index < -0.39 is 9.05 Å². The number of hydrogen-bond acceptors (Lipinski definition) is 3. The van der Waals surface area contributed by atoms with Crippen molar-refractivity contribution in [3.63, 3.8) is 0 Å². The van der Waals surface area contributed by atoms with Crippen molar-refractivity contribution in [1.82, 2.24) is 4.57 Å². The monoisotopic (exact) mass is 299 g/mol. The minimum atomic E-state index is -3.82. The van der Waals surface area contributed by atoms with Gasteiger partial charge in [0.25, 0.3) is 9.05 Å². The van der Waals surface area contributed by atoms with Gasteiger partial charge in [-0.2, -0.15) is 0 Å². The number of ether oxygens (including phenoxy) is 1. The molecule has 0 fully saturated rings. The molecule has 0 bridgehead atoms. The lowest BCUT2D eigenvalue weighted by Gasteiger charge is -2.04. The van der Waals surface area contributed by atoms with Crippen molar-refractivity contribution in [1.29, 1.82) is 0 Å². The zero-order valence-electron chi connectivity index (χ0n) is 10.6. The van der Waals surface area contributed by atoms with E-state index in [-0.39, 0.29) is 4.90 Å². The maximum Gasteiger partial charge on any atom is 0.263 e. The molecular formula is C13H14ClNO3S. The maximum atomic E-state index is 11.7. The minimum absolute atomic E-state index is 0.0751. The zero-order chi connectivity index (χ0) is 14.0. The van der Waals surface area contributed by atoms with Crippen molar-refractivity contribution in [3.8, 4) is 5.75 Å². The van der Waals surface area contributed by atoms with Crippen LogP contribution in [0.5, 0.6) is 5.75 Å². The molecule has 19 heavy (non-hydrogen) atoms. The third-order valence-corrected chi connectivity index (χ3v) is 4.19.